The lowest BCUT2D eigenvalue weighted by molar-refractivity contribution is -0.608. The van der Waals surface area contributed by atoms with Crippen molar-refractivity contribution in [3.05, 3.63) is 70.6 Å². The fourth-order valence-electron chi connectivity index (χ4n) is 1.31. The first-order valence-corrected chi connectivity index (χ1v) is 4.82. The summed E-state index contributed by atoms with van der Waals surface area (Å²) >= 11 is 0. The van der Waals surface area contributed by atoms with E-state index in [0.29, 0.717) is 11.4 Å². The van der Waals surface area contributed by atoms with Crippen LogP contribution >= 0.6 is 0 Å². The lowest BCUT2D eigenvalue weighted by Gasteiger charge is -1.99. The Morgan fingerprint density at radius 3 is 1.56 bits per heavy atom. The van der Waals surface area contributed by atoms with Crippen LogP contribution in [0.2, 0.25) is 0 Å². The van der Waals surface area contributed by atoms with Crippen LogP contribution in [0, 0.1) is 10.4 Å². The molecule has 0 aliphatic rings. The predicted octanol–water partition coefficient (Wildman–Crippen LogP) is 1.12. The molecule has 0 atom stereocenters. The standard InChI is InChI=1S/C12H10N2O2/c15-13-9-3-1-5-11(13)7-8-12-6-2-4-10-14(12)16/h1-10H/b8-7-. The van der Waals surface area contributed by atoms with Crippen LogP contribution in [0.5, 0.6) is 0 Å². The van der Waals surface area contributed by atoms with Gasteiger partial charge in [0.15, 0.2) is 12.4 Å². The Hall–Kier alpha value is -2.36. The maximum absolute atomic E-state index is 11.3. The third-order valence-electron chi connectivity index (χ3n) is 2.13. The summed E-state index contributed by atoms with van der Waals surface area (Å²) in [6.07, 6.45) is 6.04. The van der Waals surface area contributed by atoms with Gasteiger partial charge in [0.05, 0.1) is 0 Å². The molecule has 0 spiro atoms. The number of nitrogens with zero attached hydrogens (tertiary/aromatic N) is 2. The van der Waals surface area contributed by atoms with Crippen LogP contribution in [0.3, 0.4) is 0 Å². The Morgan fingerprint density at radius 2 is 1.19 bits per heavy atom. The number of pyridine rings is 2. The Labute approximate surface area is 92.9 Å². The third kappa shape index (κ3) is 2.17. The topological polar surface area (TPSA) is 53.9 Å². The van der Waals surface area contributed by atoms with Crippen molar-refractivity contribution in [1.82, 2.24) is 0 Å². The van der Waals surface area contributed by atoms with Crippen molar-refractivity contribution in [3.8, 4) is 0 Å². The van der Waals surface area contributed by atoms with Gasteiger partial charge in [0.2, 0.25) is 11.4 Å². The van der Waals surface area contributed by atoms with Crippen LogP contribution in [0.4, 0.5) is 0 Å². The van der Waals surface area contributed by atoms with E-state index < -0.39 is 0 Å². The van der Waals surface area contributed by atoms with E-state index in [2.05, 4.69) is 0 Å². The molecule has 0 radical (unpaired) electrons. The summed E-state index contributed by atoms with van der Waals surface area (Å²) in [6, 6.07) is 10.2. The van der Waals surface area contributed by atoms with Crippen LogP contribution in [0.15, 0.2) is 48.8 Å². The largest absolute Gasteiger partial charge is 0.618 e. The molecule has 0 aromatic carbocycles. The van der Waals surface area contributed by atoms with Gasteiger partial charge in [-0.1, -0.05) is 0 Å². The first-order valence-electron chi connectivity index (χ1n) is 4.82. The molecule has 0 saturated heterocycles. The normalized spacial score (nSPS) is 10.8. The van der Waals surface area contributed by atoms with E-state index in [4.69, 9.17) is 0 Å². The van der Waals surface area contributed by atoms with Gasteiger partial charge in [-0.15, -0.1) is 0 Å². The van der Waals surface area contributed by atoms with Crippen molar-refractivity contribution >= 4 is 12.2 Å². The summed E-state index contributed by atoms with van der Waals surface area (Å²) in [7, 11) is 0. The highest BCUT2D eigenvalue weighted by molar-refractivity contribution is 5.63. The molecule has 80 valence electrons. The van der Waals surface area contributed by atoms with Crippen molar-refractivity contribution in [2.24, 2.45) is 0 Å². The second-order valence-electron chi connectivity index (χ2n) is 3.24. The molecule has 4 nitrogen and oxygen atoms in total. The average Bonchev–Trinajstić information content (AvgIpc) is 2.30. The van der Waals surface area contributed by atoms with Gasteiger partial charge in [0.1, 0.15) is 0 Å². The minimum absolute atomic E-state index is 0.492. The predicted molar refractivity (Wildman–Crippen MR) is 59.7 cm³/mol. The molecule has 16 heavy (non-hydrogen) atoms. The molecule has 2 heterocycles. The zero-order valence-corrected chi connectivity index (χ0v) is 8.48. The van der Waals surface area contributed by atoms with Crippen LogP contribution < -0.4 is 9.46 Å². The monoisotopic (exact) mass is 214 g/mol. The molecule has 0 aliphatic heterocycles. The first kappa shape index (κ1) is 10.2. The van der Waals surface area contributed by atoms with E-state index in [1.807, 2.05) is 0 Å². The molecular weight excluding hydrogens is 204 g/mol. The van der Waals surface area contributed by atoms with Gasteiger partial charge in [-0.25, -0.2) is 0 Å². The lowest BCUT2D eigenvalue weighted by atomic mass is 10.3. The number of hydrogen-bond donors (Lipinski definition) is 0. The van der Waals surface area contributed by atoms with E-state index in [1.165, 1.54) is 12.4 Å². The van der Waals surface area contributed by atoms with E-state index in [-0.39, 0.29) is 0 Å². The van der Waals surface area contributed by atoms with Gasteiger partial charge in [0.25, 0.3) is 0 Å². The maximum atomic E-state index is 11.3. The van der Waals surface area contributed by atoms with Gasteiger partial charge in [0, 0.05) is 36.4 Å². The molecule has 0 fully saturated rings. The zero-order valence-electron chi connectivity index (χ0n) is 8.48. The summed E-state index contributed by atoms with van der Waals surface area (Å²) in [5.41, 5.74) is 0.984. The Balaban J connectivity index is 2.29. The fourth-order valence-corrected chi connectivity index (χ4v) is 1.31. The number of rotatable bonds is 2. The molecular formula is C12H10N2O2. The third-order valence-corrected chi connectivity index (χ3v) is 2.13. The minimum Gasteiger partial charge on any atom is -0.618 e. The van der Waals surface area contributed by atoms with Crippen molar-refractivity contribution < 1.29 is 9.46 Å². The van der Waals surface area contributed by atoms with E-state index in [0.717, 1.165) is 9.46 Å². The van der Waals surface area contributed by atoms with Gasteiger partial charge in [-0.05, 0) is 12.1 Å². The molecule has 0 N–H and O–H groups in total. The second kappa shape index (κ2) is 4.44. The van der Waals surface area contributed by atoms with Crippen LogP contribution in [0.1, 0.15) is 11.4 Å². The van der Waals surface area contributed by atoms with Crippen molar-refractivity contribution in [2.45, 2.75) is 0 Å². The molecule has 2 rings (SSSR count). The molecule has 0 aliphatic carbocycles. The van der Waals surface area contributed by atoms with E-state index >= 15 is 0 Å². The molecule has 0 amide bonds. The van der Waals surface area contributed by atoms with Crippen molar-refractivity contribution in [3.63, 3.8) is 0 Å². The highest BCUT2D eigenvalue weighted by Crippen LogP contribution is 2.00. The van der Waals surface area contributed by atoms with E-state index in [9.17, 15) is 10.4 Å². The van der Waals surface area contributed by atoms with Crippen molar-refractivity contribution in [1.29, 1.82) is 0 Å². The van der Waals surface area contributed by atoms with Gasteiger partial charge in [-0.2, -0.15) is 9.46 Å². The summed E-state index contributed by atoms with van der Waals surface area (Å²) in [5.74, 6) is 0. The highest BCUT2D eigenvalue weighted by atomic mass is 16.5. The Morgan fingerprint density at radius 1 is 0.750 bits per heavy atom. The molecule has 2 aromatic rings. The molecule has 4 heteroatoms. The van der Waals surface area contributed by atoms with Gasteiger partial charge >= 0.3 is 0 Å². The van der Waals surface area contributed by atoms with Crippen LogP contribution in [-0.2, 0) is 0 Å². The smallest absolute Gasteiger partial charge is 0.216 e. The minimum atomic E-state index is 0.492. The van der Waals surface area contributed by atoms with Crippen molar-refractivity contribution in [2.75, 3.05) is 0 Å². The molecule has 0 unspecified atom stereocenters. The maximum Gasteiger partial charge on any atom is 0.216 e. The second-order valence-corrected chi connectivity index (χ2v) is 3.24. The summed E-state index contributed by atoms with van der Waals surface area (Å²) < 4.78 is 1.49. The van der Waals surface area contributed by atoms with Crippen LogP contribution in [0.25, 0.3) is 12.2 Å². The quantitative estimate of drug-likeness (QED) is 0.555. The Kier molecular flexibility index (Phi) is 2.82. The van der Waals surface area contributed by atoms with Crippen LogP contribution in [-0.4, -0.2) is 0 Å². The first-order chi connectivity index (χ1) is 7.77. The Bertz CT molecular complexity index is 476. The highest BCUT2D eigenvalue weighted by Gasteiger charge is 2.01. The summed E-state index contributed by atoms with van der Waals surface area (Å²) in [5, 5.41) is 22.6. The fraction of sp³-hybridized carbons (Fsp3) is 0. The number of hydrogen-bond acceptors (Lipinski definition) is 2. The summed E-state index contributed by atoms with van der Waals surface area (Å²) in [6.45, 7) is 0. The molecule has 2 aromatic heterocycles. The zero-order chi connectivity index (χ0) is 11.4. The number of aromatic nitrogens is 2. The molecule has 0 bridgehead atoms. The molecule has 0 saturated carbocycles. The summed E-state index contributed by atoms with van der Waals surface area (Å²) in [4.78, 5) is 0. The van der Waals surface area contributed by atoms with Gasteiger partial charge < -0.3 is 10.4 Å². The average molecular weight is 214 g/mol. The SMILES string of the molecule is [O-][n+]1ccccc1/C=C\c1cccc[n+]1[O-]. The lowest BCUT2D eigenvalue weighted by Crippen LogP contribution is -2.30. The van der Waals surface area contributed by atoms with Gasteiger partial charge in [-0.3, -0.25) is 0 Å². The van der Waals surface area contributed by atoms with E-state index in [1.54, 1.807) is 48.6 Å².